The molecule has 0 radical (unpaired) electrons. The highest BCUT2D eigenvalue weighted by atomic mass is 19.4. The van der Waals surface area contributed by atoms with Crippen molar-refractivity contribution < 1.29 is 37.0 Å². The first-order valence-electron chi connectivity index (χ1n) is 11.6. The molecular weight excluding hydrogens is 522 g/mol. The van der Waals surface area contributed by atoms with E-state index in [9.17, 15) is 32.3 Å². The number of H-pyrrole nitrogens is 1. The molecule has 0 saturated carbocycles. The molecule has 0 saturated heterocycles. The number of aromatic amines is 1. The predicted octanol–water partition coefficient (Wildman–Crippen LogP) is 3.08. The Labute approximate surface area is 218 Å². The third-order valence-electron chi connectivity index (χ3n) is 6.79. The SMILES string of the molecule is C[C@]1(C(N)=O)COc2c1cc(C(O)(CNC(=O)c1cnc3[nH]ccc3c1)C(F)(F)F)nc2-c1ccc(F)cc1. The van der Waals surface area contributed by atoms with E-state index in [1.54, 1.807) is 12.3 Å². The Morgan fingerprint density at radius 2 is 1.92 bits per heavy atom. The van der Waals surface area contributed by atoms with Crippen LogP contribution in [0.2, 0.25) is 0 Å². The summed E-state index contributed by atoms with van der Waals surface area (Å²) in [5, 5.41) is 13.7. The van der Waals surface area contributed by atoms with Gasteiger partial charge in [-0.2, -0.15) is 13.2 Å². The zero-order valence-electron chi connectivity index (χ0n) is 20.3. The van der Waals surface area contributed by atoms with Crippen LogP contribution in [0.15, 0.2) is 54.9 Å². The fourth-order valence-corrected chi connectivity index (χ4v) is 4.31. The molecule has 5 N–H and O–H groups in total. The first kappa shape index (κ1) is 26.1. The number of hydrogen-bond acceptors (Lipinski definition) is 6. The second-order valence-corrected chi connectivity index (χ2v) is 9.40. The van der Waals surface area contributed by atoms with Gasteiger partial charge < -0.3 is 25.9 Å². The molecule has 13 heteroatoms. The van der Waals surface area contributed by atoms with Gasteiger partial charge in [0.15, 0.2) is 0 Å². The summed E-state index contributed by atoms with van der Waals surface area (Å²) in [5.74, 6) is -2.42. The minimum atomic E-state index is -5.33. The summed E-state index contributed by atoms with van der Waals surface area (Å²) in [6.07, 6.45) is -2.56. The molecule has 2 amide bonds. The van der Waals surface area contributed by atoms with Gasteiger partial charge in [-0.15, -0.1) is 0 Å². The zero-order valence-corrected chi connectivity index (χ0v) is 20.3. The molecule has 0 bridgehead atoms. The lowest BCUT2D eigenvalue weighted by Crippen LogP contribution is -2.51. The fourth-order valence-electron chi connectivity index (χ4n) is 4.31. The normalized spacial score (nSPS) is 18.3. The van der Waals surface area contributed by atoms with E-state index in [4.69, 9.17) is 10.5 Å². The number of ether oxygens (including phenoxy) is 1. The van der Waals surface area contributed by atoms with Gasteiger partial charge in [-0.3, -0.25) is 9.59 Å². The van der Waals surface area contributed by atoms with Crippen molar-refractivity contribution in [3.8, 4) is 17.0 Å². The Morgan fingerprint density at radius 1 is 1.21 bits per heavy atom. The number of aromatic nitrogens is 3. The van der Waals surface area contributed by atoms with E-state index in [-0.39, 0.29) is 34.7 Å². The van der Waals surface area contributed by atoms with Gasteiger partial charge in [0.1, 0.15) is 34.9 Å². The molecule has 1 aliphatic rings. The van der Waals surface area contributed by atoms with Crippen LogP contribution < -0.4 is 15.8 Å². The third-order valence-corrected chi connectivity index (χ3v) is 6.79. The molecule has 5 rings (SSSR count). The molecule has 1 unspecified atom stereocenters. The van der Waals surface area contributed by atoms with Gasteiger partial charge in [-0.1, -0.05) is 0 Å². The second-order valence-electron chi connectivity index (χ2n) is 9.40. The average molecular weight is 543 g/mol. The minimum Gasteiger partial charge on any atom is -0.489 e. The van der Waals surface area contributed by atoms with Crippen LogP contribution >= 0.6 is 0 Å². The highest BCUT2D eigenvalue weighted by Crippen LogP contribution is 2.47. The van der Waals surface area contributed by atoms with Crippen molar-refractivity contribution >= 4 is 22.8 Å². The van der Waals surface area contributed by atoms with Crippen LogP contribution in [0.25, 0.3) is 22.3 Å². The Balaban J connectivity index is 1.59. The number of benzene rings is 1. The van der Waals surface area contributed by atoms with Crippen molar-refractivity contribution in [3.05, 3.63) is 77.5 Å². The number of aliphatic hydroxyl groups is 1. The van der Waals surface area contributed by atoms with Crippen LogP contribution in [0.3, 0.4) is 0 Å². The van der Waals surface area contributed by atoms with Gasteiger partial charge >= 0.3 is 6.18 Å². The standard InChI is InChI=1S/C26H21F4N5O4/c1-24(23(31)37)12-39-20-17(24)9-18(35-19(20)13-2-4-16(27)5-3-13)25(38,26(28,29)30)11-34-22(36)15-8-14-6-7-32-21(14)33-10-15/h2-10,38H,11-12H2,1H3,(H2,31,37)(H,32,33)(H,34,36)/t24-,25?/m0/s1. The fraction of sp³-hybridized carbons (Fsp3) is 0.231. The molecular formula is C26H21F4N5O4. The van der Waals surface area contributed by atoms with Crippen molar-refractivity contribution in [3.63, 3.8) is 0 Å². The summed E-state index contributed by atoms with van der Waals surface area (Å²) in [6.45, 7) is -0.214. The van der Waals surface area contributed by atoms with Gasteiger partial charge in [0.25, 0.3) is 5.91 Å². The van der Waals surface area contributed by atoms with E-state index in [1.807, 2.05) is 0 Å². The monoisotopic (exact) mass is 543 g/mol. The van der Waals surface area contributed by atoms with Gasteiger partial charge in [0.05, 0.1) is 17.8 Å². The number of nitrogens with zero attached hydrogens (tertiary/aromatic N) is 2. The highest BCUT2D eigenvalue weighted by molar-refractivity contribution is 5.97. The van der Waals surface area contributed by atoms with Crippen molar-refractivity contribution in [1.82, 2.24) is 20.3 Å². The van der Waals surface area contributed by atoms with Crippen molar-refractivity contribution in [2.75, 3.05) is 13.2 Å². The van der Waals surface area contributed by atoms with E-state index < -0.39 is 47.1 Å². The van der Waals surface area contributed by atoms with E-state index in [2.05, 4.69) is 20.3 Å². The molecule has 202 valence electrons. The van der Waals surface area contributed by atoms with Gasteiger partial charge in [0.2, 0.25) is 11.5 Å². The second kappa shape index (κ2) is 9.05. The summed E-state index contributed by atoms with van der Waals surface area (Å²) >= 11 is 0. The molecule has 0 spiro atoms. The molecule has 4 heterocycles. The Bertz CT molecular complexity index is 1600. The topological polar surface area (TPSA) is 143 Å². The number of hydrogen-bond donors (Lipinski definition) is 4. The number of primary amides is 1. The number of carbonyl (C=O) groups excluding carboxylic acids is 2. The molecule has 0 aliphatic carbocycles. The summed E-state index contributed by atoms with van der Waals surface area (Å²) < 4.78 is 62.6. The van der Waals surface area contributed by atoms with Crippen molar-refractivity contribution in [2.24, 2.45) is 5.73 Å². The van der Waals surface area contributed by atoms with Gasteiger partial charge in [-0.05, 0) is 49.4 Å². The maximum Gasteiger partial charge on any atom is 0.424 e. The summed E-state index contributed by atoms with van der Waals surface area (Å²) in [4.78, 5) is 36.0. The maximum atomic E-state index is 14.5. The summed E-state index contributed by atoms with van der Waals surface area (Å²) in [5.41, 5.74) is -0.175. The zero-order chi connectivity index (χ0) is 28.2. The van der Waals surface area contributed by atoms with Crippen molar-refractivity contribution in [2.45, 2.75) is 24.1 Å². The predicted molar refractivity (Wildman–Crippen MR) is 130 cm³/mol. The van der Waals surface area contributed by atoms with E-state index in [1.165, 1.54) is 31.3 Å². The summed E-state index contributed by atoms with van der Waals surface area (Å²) in [6, 6.07) is 8.64. The number of halogens is 4. The third kappa shape index (κ3) is 4.34. The lowest BCUT2D eigenvalue weighted by molar-refractivity contribution is -0.265. The smallest absolute Gasteiger partial charge is 0.424 e. The average Bonchev–Trinajstić information content (AvgIpc) is 3.51. The molecule has 3 aromatic heterocycles. The van der Waals surface area contributed by atoms with Crippen LogP contribution in [-0.4, -0.2) is 51.2 Å². The van der Waals surface area contributed by atoms with Crippen LogP contribution in [0.1, 0.15) is 28.5 Å². The van der Waals surface area contributed by atoms with Crippen LogP contribution in [0, 0.1) is 5.82 Å². The number of pyridine rings is 2. The molecule has 1 aliphatic heterocycles. The lowest BCUT2D eigenvalue weighted by atomic mass is 9.81. The Morgan fingerprint density at radius 3 is 2.59 bits per heavy atom. The highest BCUT2D eigenvalue weighted by Gasteiger charge is 2.57. The first-order chi connectivity index (χ1) is 18.3. The molecule has 1 aromatic carbocycles. The van der Waals surface area contributed by atoms with Gasteiger partial charge in [0, 0.05) is 28.9 Å². The van der Waals surface area contributed by atoms with Gasteiger partial charge in [-0.25, -0.2) is 14.4 Å². The quantitative estimate of drug-likeness (QED) is 0.275. The van der Waals surface area contributed by atoms with E-state index in [0.29, 0.717) is 11.0 Å². The molecule has 4 aromatic rings. The summed E-state index contributed by atoms with van der Waals surface area (Å²) in [7, 11) is 0. The number of nitrogens with one attached hydrogen (secondary N) is 2. The Kier molecular flexibility index (Phi) is 6.06. The number of carbonyl (C=O) groups is 2. The van der Waals surface area contributed by atoms with Crippen molar-refractivity contribution in [1.29, 1.82) is 0 Å². The molecule has 0 fully saturated rings. The first-order valence-corrected chi connectivity index (χ1v) is 11.6. The largest absolute Gasteiger partial charge is 0.489 e. The Hall–Kier alpha value is -4.52. The molecule has 39 heavy (non-hydrogen) atoms. The molecule has 9 nitrogen and oxygen atoms in total. The number of amides is 2. The maximum absolute atomic E-state index is 14.5. The minimum absolute atomic E-state index is 0.0221. The number of alkyl halides is 3. The number of rotatable bonds is 6. The van der Waals surface area contributed by atoms with E-state index in [0.717, 1.165) is 18.2 Å². The molecule has 2 atom stereocenters. The van der Waals surface area contributed by atoms with Crippen LogP contribution in [-0.2, 0) is 15.8 Å². The number of nitrogens with two attached hydrogens (primary N) is 1. The van der Waals surface area contributed by atoms with Crippen LogP contribution in [0.4, 0.5) is 17.6 Å². The van der Waals surface area contributed by atoms with E-state index >= 15 is 0 Å². The lowest BCUT2D eigenvalue weighted by Gasteiger charge is -2.31. The van der Waals surface area contributed by atoms with Crippen LogP contribution in [0.5, 0.6) is 5.75 Å². The number of fused-ring (bicyclic) bond motifs is 2.